The highest BCUT2D eigenvalue weighted by Gasteiger charge is 2.25. The summed E-state index contributed by atoms with van der Waals surface area (Å²) in [6.07, 6.45) is 4.14. The predicted octanol–water partition coefficient (Wildman–Crippen LogP) is 1.71. The van der Waals surface area contributed by atoms with E-state index in [0.717, 1.165) is 25.0 Å². The third-order valence-electron chi connectivity index (χ3n) is 2.74. The van der Waals surface area contributed by atoms with Crippen LogP contribution in [0, 0.1) is 5.92 Å². The average molecular weight is 193 g/mol. The molecule has 4 nitrogen and oxygen atoms in total. The van der Waals surface area contributed by atoms with Crippen molar-refractivity contribution in [3.8, 4) is 0 Å². The largest absolute Gasteiger partial charge is 0.309 e. The Kier molecular flexibility index (Phi) is 2.52. The summed E-state index contributed by atoms with van der Waals surface area (Å²) < 4.78 is 0. The monoisotopic (exact) mass is 193 g/mol. The quantitative estimate of drug-likeness (QED) is 0.767. The van der Waals surface area contributed by atoms with Gasteiger partial charge in [-0.2, -0.15) is 5.10 Å². The molecule has 0 atom stereocenters. The van der Waals surface area contributed by atoms with Crippen molar-refractivity contribution in [2.24, 2.45) is 5.92 Å². The third kappa shape index (κ3) is 1.78. The van der Waals surface area contributed by atoms with Gasteiger partial charge >= 0.3 is 0 Å². The Morgan fingerprint density at radius 1 is 1.71 bits per heavy atom. The number of anilines is 1. The van der Waals surface area contributed by atoms with E-state index < -0.39 is 0 Å². The number of nitrogens with zero attached hydrogens (tertiary/aromatic N) is 1. The zero-order valence-electron chi connectivity index (χ0n) is 8.34. The summed E-state index contributed by atoms with van der Waals surface area (Å²) in [4.78, 5) is 11.5. The Hall–Kier alpha value is -1.32. The fourth-order valence-electron chi connectivity index (χ4n) is 1.51. The molecule has 1 heterocycles. The van der Waals surface area contributed by atoms with Gasteiger partial charge in [-0.25, -0.2) is 0 Å². The topological polar surface area (TPSA) is 57.8 Å². The summed E-state index contributed by atoms with van der Waals surface area (Å²) >= 11 is 0. The summed E-state index contributed by atoms with van der Waals surface area (Å²) in [5.74, 6) is 0.987. The van der Waals surface area contributed by atoms with E-state index in [1.165, 1.54) is 6.42 Å². The second kappa shape index (κ2) is 3.82. The number of carbonyl (C=O) groups is 1. The highest BCUT2D eigenvalue weighted by atomic mass is 16.2. The molecule has 1 aromatic rings. The van der Waals surface area contributed by atoms with Crippen LogP contribution in [0.25, 0.3) is 0 Å². The van der Waals surface area contributed by atoms with Crippen molar-refractivity contribution in [1.29, 1.82) is 0 Å². The predicted molar refractivity (Wildman–Crippen MR) is 53.9 cm³/mol. The van der Waals surface area contributed by atoms with E-state index in [-0.39, 0.29) is 11.8 Å². The summed E-state index contributed by atoms with van der Waals surface area (Å²) in [6.45, 7) is 2.05. The van der Waals surface area contributed by atoms with Crippen LogP contribution in [0.1, 0.15) is 31.9 Å². The normalized spacial score (nSPS) is 16.4. The first-order chi connectivity index (χ1) is 6.79. The molecule has 0 spiro atoms. The molecule has 2 rings (SSSR count). The minimum Gasteiger partial charge on any atom is -0.309 e. The van der Waals surface area contributed by atoms with Crippen LogP contribution in [-0.4, -0.2) is 16.1 Å². The molecule has 0 saturated heterocycles. The van der Waals surface area contributed by atoms with Crippen LogP contribution in [0.4, 0.5) is 5.82 Å². The van der Waals surface area contributed by atoms with Gasteiger partial charge in [-0.1, -0.05) is 13.3 Å². The first-order valence-electron chi connectivity index (χ1n) is 5.14. The minimum absolute atomic E-state index is 0.116. The van der Waals surface area contributed by atoms with Gasteiger partial charge in [-0.15, -0.1) is 0 Å². The van der Waals surface area contributed by atoms with E-state index in [1.807, 2.05) is 13.0 Å². The van der Waals surface area contributed by atoms with Gasteiger partial charge in [-0.05, 0) is 19.3 Å². The summed E-state index contributed by atoms with van der Waals surface area (Å²) in [6, 6.07) is 1.89. The lowest BCUT2D eigenvalue weighted by molar-refractivity contribution is -0.122. The molecule has 0 unspecified atom stereocenters. The fourth-order valence-corrected chi connectivity index (χ4v) is 1.51. The number of aryl methyl sites for hydroxylation is 1. The molecule has 4 heteroatoms. The molecule has 2 N–H and O–H groups in total. The van der Waals surface area contributed by atoms with Crippen LogP contribution in [0.5, 0.6) is 0 Å². The van der Waals surface area contributed by atoms with Crippen molar-refractivity contribution < 1.29 is 4.79 Å². The Balaban J connectivity index is 1.92. The molecule has 0 bridgehead atoms. The van der Waals surface area contributed by atoms with Crippen molar-refractivity contribution in [3.05, 3.63) is 11.8 Å². The molecule has 76 valence electrons. The van der Waals surface area contributed by atoms with Gasteiger partial charge in [0.05, 0.1) is 0 Å². The van der Waals surface area contributed by atoms with Gasteiger partial charge in [0.1, 0.15) is 0 Å². The van der Waals surface area contributed by atoms with Crippen LogP contribution in [0.2, 0.25) is 0 Å². The van der Waals surface area contributed by atoms with Crippen molar-refractivity contribution in [2.75, 3.05) is 5.32 Å². The van der Waals surface area contributed by atoms with Crippen LogP contribution in [0.15, 0.2) is 6.07 Å². The summed E-state index contributed by atoms with van der Waals surface area (Å²) in [5, 5.41) is 9.70. The SMILES string of the molecule is CCc1cc(NC(=O)C2CCC2)n[nH]1. The van der Waals surface area contributed by atoms with Crippen molar-refractivity contribution in [2.45, 2.75) is 32.6 Å². The Morgan fingerprint density at radius 2 is 2.50 bits per heavy atom. The van der Waals surface area contributed by atoms with Gasteiger partial charge in [0.25, 0.3) is 0 Å². The van der Waals surface area contributed by atoms with Gasteiger partial charge in [0.15, 0.2) is 5.82 Å². The zero-order chi connectivity index (χ0) is 9.97. The molecule has 0 aromatic carbocycles. The van der Waals surface area contributed by atoms with Crippen LogP contribution >= 0.6 is 0 Å². The van der Waals surface area contributed by atoms with E-state index in [9.17, 15) is 4.79 Å². The molecule has 1 saturated carbocycles. The number of amides is 1. The highest BCUT2D eigenvalue weighted by Crippen LogP contribution is 2.27. The van der Waals surface area contributed by atoms with E-state index >= 15 is 0 Å². The van der Waals surface area contributed by atoms with E-state index in [4.69, 9.17) is 0 Å². The number of rotatable bonds is 3. The molecular formula is C10H15N3O. The highest BCUT2D eigenvalue weighted by molar-refractivity contribution is 5.92. The molecule has 1 aromatic heterocycles. The molecule has 1 aliphatic carbocycles. The Labute approximate surface area is 83.1 Å². The number of aromatic amines is 1. The molecule has 1 fully saturated rings. The maximum atomic E-state index is 11.5. The molecule has 1 amide bonds. The van der Waals surface area contributed by atoms with Gasteiger partial charge in [-0.3, -0.25) is 9.89 Å². The lowest BCUT2D eigenvalue weighted by atomic mass is 9.85. The molecule has 14 heavy (non-hydrogen) atoms. The van der Waals surface area contributed by atoms with E-state index in [0.29, 0.717) is 5.82 Å². The van der Waals surface area contributed by atoms with Crippen LogP contribution in [0.3, 0.4) is 0 Å². The maximum Gasteiger partial charge on any atom is 0.228 e. The van der Waals surface area contributed by atoms with Crippen LogP contribution < -0.4 is 5.32 Å². The number of H-pyrrole nitrogens is 1. The third-order valence-corrected chi connectivity index (χ3v) is 2.74. The smallest absolute Gasteiger partial charge is 0.228 e. The standard InChI is InChI=1S/C10H15N3O/c1-2-8-6-9(13-12-8)11-10(14)7-4-3-5-7/h6-7H,2-5H2,1H3,(H2,11,12,13,14). The fraction of sp³-hybridized carbons (Fsp3) is 0.600. The van der Waals surface area contributed by atoms with Gasteiger partial charge in [0, 0.05) is 17.7 Å². The van der Waals surface area contributed by atoms with Crippen molar-refractivity contribution >= 4 is 11.7 Å². The molecule has 0 radical (unpaired) electrons. The molecule has 0 aliphatic heterocycles. The second-order valence-electron chi connectivity index (χ2n) is 3.75. The van der Waals surface area contributed by atoms with Crippen LogP contribution in [-0.2, 0) is 11.2 Å². The Morgan fingerprint density at radius 3 is 3.00 bits per heavy atom. The second-order valence-corrected chi connectivity index (χ2v) is 3.75. The van der Waals surface area contributed by atoms with E-state index in [1.54, 1.807) is 0 Å². The Bertz CT molecular complexity index is 328. The lowest BCUT2D eigenvalue weighted by Gasteiger charge is -2.23. The molecular weight excluding hydrogens is 178 g/mol. The summed E-state index contributed by atoms with van der Waals surface area (Å²) in [7, 11) is 0. The lowest BCUT2D eigenvalue weighted by Crippen LogP contribution is -2.28. The minimum atomic E-state index is 0.116. The maximum absolute atomic E-state index is 11.5. The number of hydrogen-bond acceptors (Lipinski definition) is 2. The average Bonchev–Trinajstić information content (AvgIpc) is 2.48. The molecule has 1 aliphatic rings. The first-order valence-corrected chi connectivity index (χ1v) is 5.14. The van der Waals surface area contributed by atoms with E-state index in [2.05, 4.69) is 15.5 Å². The van der Waals surface area contributed by atoms with Gasteiger partial charge < -0.3 is 5.32 Å². The van der Waals surface area contributed by atoms with Crippen molar-refractivity contribution in [1.82, 2.24) is 10.2 Å². The zero-order valence-corrected chi connectivity index (χ0v) is 8.34. The first kappa shape index (κ1) is 9.24. The number of nitrogens with one attached hydrogen (secondary N) is 2. The number of carbonyl (C=O) groups excluding carboxylic acids is 1. The number of hydrogen-bond donors (Lipinski definition) is 2. The number of aromatic nitrogens is 2. The van der Waals surface area contributed by atoms with Crippen molar-refractivity contribution in [3.63, 3.8) is 0 Å². The summed E-state index contributed by atoms with van der Waals surface area (Å²) in [5.41, 5.74) is 1.05. The van der Waals surface area contributed by atoms with Gasteiger partial charge in [0.2, 0.25) is 5.91 Å².